The molecule has 0 radical (unpaired) electrons. The molecule has 0 aliphatic heterocycles. The van der Waals surface area contributed by atoms with E-state index >= 15 is 0 Å². The Labute approximate surface area is 209 Å². The molecule has 0 heterocycles. The van der Waals surface area contributed by atoms with Crippen molar-refractivity contribution in [2.75, 3.05) is 13.1 Å². The summed E-state index contributed by atoms with van der Waals surface area (Å²) < 4.78 is 0. The molecular weight excluding hydrogens is 456 g/mol. The summed E-state index contributed by atoms with van der Waals surface area (Å²) >= 11 is 0. The number of unbranched alkanes of at least 4 members (excludes halogenated alkanes) is 3. The van der Waals surface area contributed by atoms with Gasteiger partial charge in [-0.25, -0.2) is 0 Å². The number of benzene rings is 4. The predicted molar refractivity (Wildman–Crippen MR) is 143 cm³/mol. The monoisotopic (exact) mass is 486 g/mol. The molecule has 4 aromatic carbocycles. The van der Waals surface area contributed by atoms with Crippen LogP contribution < -0.4 is 10.6 Å². The topological polar surface area (TPSA) is 110 Å². The number of hydrogen-bond donors (Lipinski definition) is 2. The molecule has 0 aliphatic carbocycles. The summed E-state index contributed by atoms with van der Waals surface area (Å²) in [5.41, 5.74) is 2.42. The molecule has 0 unspecified atom stereocenters. The van der Waals surface area contributed by atoms with Crippen molar-refractivity contribution < 1.29 is 9.85 Å². The molecule has 0 saturated carbocycles. The van der Waals surface area contributed by atoms with Gasteiger partial charge in [-0.15, -0.1) is 0 Å². The van der Waals surface area contributed by atoms with Crippen LogP contribution in [0.5, 0.6) is 0 Å². The van der Waals surface area contributed by atoms with Crippen LogP contribution in [-0.4, -0.2) is 22.9 Å². The minimum absolute atomic E-state index is 0.143. The standard InChI is InChI=1S/C28H30N4O4/c33-31(34)27-15-13-21(23-9-3-5-11-25(23)27)19-29-17-7-1-2-8-18-30-20-22-14-16-28(32(35)36)26-12-6-4-10-24(22)26/h3-6,9-16,29-30H,1-2,7-8,17-20H2. The predicted octanol–water partition coefficient (Wildman–Crippen LogP) is 6.25. The lowest BCUT2D eigenvalue weighted by Gasteiger charge is -2.10. The molecule has 4 aromatic rings. The summed E-state index contributed by atoms with van der Waals surface area (Å²) in [5, 5.41) is 32.7. The van der Waals surface area contributed by atoms with Crippen LogP contribution in [0.15, 0.2) is 72.8 Å². The van der Waals surface area contributed by atoms with Gasteiger partial charge in [0.05, 0.1) is 20.6 Å². The van der Waals surface area contributed by atoms with Crippen molar-refractivity contribution in [3.8, 4) is 0 Å². The number of nitro groups is 2. The lowest BCUT2D eigenvalue weighted by Crippen LogP contribution is -2.16. The first-order valence-electron chi connectivity index (χ1n) is 12.3. The lowest BCUT2D eigenvalue weighted by molar-refractivity contribution is -0.383. The van der Waals surface area contributed by atoms with Gasteiger partial charge in [0.15, 0.2) is 0 Å². The summed E-state index contributed by atoms with van der Waals surface area (Å²) in [6, 6.07) is 21.8. The van der Waals surface area contributed by atoms with Crippen molar-refractivity contribution in [1.29, 1.82) is 0 Å². The summed E-state index contributed by atoms with van der Waals surface area (Å²) in [7, 11) is 0. The molecule has 0 fully saturated rings. The number of hydrogen-bond acceptors (Lipinski definition) is 6. The third-order valence-electron chi connectivity index (χ3n) is 6.46. The lowest BCUT2D eigenvalue weighted by atomic mass is 10.0. The molecule has 0 aliphatic rings. The fourth-order valence-corrected chi connectivity index (χ4v) is 4.62. The van der Waals surface area contributed by atoms with Crippen LogP contribution in [-0.2, 0) is 13.1 Å². The van der Waals surface area contributed by atoms with Gasteiger partial charge in [-0.3, -0.25) is 20.2 Å². The van der Waals surface area contributed by atoms with Crippen LogP contribution in [0.4, 0.5) is 11.4 Å². The van der Waals surface area contributed by atoms with E-state index in [1.165, 1.54) is 0 Å². The van der Waals surface area contributed by atoms with Crippen molar-refractivity contribution in [2.45, 2.75) is 38.8 Å². The number of nitrogens with one attached hydrogen (secondary N) is 2. The highest BCUT2D eigenvalue weighted by molar-refractivity contribution is 5.94. The number of nitrogens with zero attached hydrogens (tertiary/aromatic N) is 2. The molecule has 0 aromatic heterocycles. The Bertz CT molecular complexity index is 1270. The summed E-state index contributed by atoms with van der Waals surface area (Å²) in [6.07, 6.45) is 4.38. The van der Waals surface area contributed by atoms with Crippen molar-refractivity contribution >= 4 is 32.9 Å². The van der Waals surface area contributed by atoms with Crippen LogP contribution in [0.2, 0.25) is 0 Å². The van der Waals surface area contributed by atoms with Crippen molar-refractivity contribution in [3.63, 3.8) is 0 Å². The van der Waals surface area contributed by atoms with E-state index in [1.807, 2.05) is 48.5 Å². The fraction of sp³-hybridized carbons (Fsp3) is 0.286. The van der Waals surface area contributed by atoms with Gasteiger partial charge >= 0.3 is 0 Å². The van der Waals surface area contributed by atoms with Gasteiger partial charge in [0.25, 0.3) is 11.4 Å². The fourth-order valence-electron chi connectivity index (χ4n) is 4.62. The van der Waals surface area contributed by atoms with Crippen LogP contribution in [0.1, 0.15) is 36.8 Å². The van der Waals surface area contributed by atoms with E-state index in [0.717, 1.165) is 60.7 Å². The zero-order valence-electron chi connectivity index (χ0n) is 20.1. The average molecular weight is 487 g/mol. The highest BCUT2D eigenvalue weighted by Gasteiger charge is 2.14. The van der Waals surface area contributed by atoms with E-state index in [9.17, 15) is 20.2 Å². The van der Waals surface area contributed by atoms with E-state index in [2.05, 4.69) is 10.6 Å². The second kappa shape index (κ2) is 12.2. The second-order valence-electron chi connectivity index (χ2n) is 8.86. The van der Waals surface area contributed by atoms with Gasteiger partial charge in [0.1, 0.15) is 0 Å². The van der Waals surface area contributed by atoms with Crippen molar-refractivity contribution in [1.82, 2.24) is 10.6 Å². The first-order chi connectivity index (χ1) is 17.6. The molecule has 36 heavy (non-hydrogen) atoms. The van der Waals surface area contributed by atoms with Crippen LogP contribution in [0.3, 0.4) is 0 Å². The number of non-ortho nitro benzene ring substituents is 2. The Morgan fingerprint density at radius 2 is 0.917 bits per heavy atom. The van der Waals surface area contributed by atoms with E-state index in [-0.39, 0.29) is 21.2 Å². The highest BCUT2D eigenvalue weighted by atomic mass is 16.6. The van der Waals surface area contributed by atoms with E-state index in [4.69, 9.17) is 0 Å². The third-order valence-corrected chi connectivity index (χ3v) is 6.46. The number of nitro benzene ring substituents is 2. The zero-order chi connectivity index (χ0) is 25.3. The Balaban J connectivity index is 1.15. The normalized spacial score (nSPS) is 11.2. The van der Waals surface area contributed by atoms with Gasteiger partial charge in [0, 0.05) is 25.2 Å². The maximum atomic E-state index is 11.3. The molecule has 0 bridgehead atoms. The quantitative estimate of drug-likeness (QED) is 0.131. The van der Waals surface area contributed by atoms with Gasteiger partial charge in [-0.1, -0.05) is 61.4 Å². The Morgan fingerprint density at radius 3 is 1.31 bits per heavy atom. The Kier molecular flexibility index (Phi) is 8.54. The van der Waals surface area contributed by atoms with Crippen LogP contribution in [0, 0.1) is 20.2 Å². The maximum absolute atomic E-state index is 11.3. The molecule has 0 atom stereocenters. The second-order valence-corrected chi connectivity index (χ2v) is 8.86. The molecular formula is C28H30N4O4. The molecule has 2 N–H and O–H groups in total. The molecule has 0 amide bonds. The van der Waals surface area contributed by atoms with Crippen molar-refractivity contribution in [3.05, 3.63) is 104 Å². The van der Waals surface area contributed by atoms with Gasteiger partial charge in [-0.2, -0.15) is 0 Å². The first-order valence-corrected chi connectivity index (χ1v) is 12.3. The summed E-state index contributed by atoms with van der Waals surface area (Å²) in [4.78, 5) is 21.9. The van der Waals surface area contributed by atoms with Crippen LogP contribution >= 0.6 is 0 Å². The van der Waals surface area contributed by atoms with Crippen molar-refractivity contribution in [2.24, 2.45) is 0 Å². The summed E-state index contributed by atoms with van der Waals surface area (Å²) in [6.45, 7) is 3.16. The smallest absolute Gasteiger partial charge is 0.277 e. The first kappa shape index (κ1) is 25.2. The SMILES string of the molecule is O=[N+]([O-])c1ccc(CNCCCCCCNCc2ccc([N+](=O)[O-])c3ccccc23)c2ccccc12. The molecule has 0 spiro atoms. The minimum atomic E-state index is -0.331. The maximum Gasteiger partial charge on any atom is 0.277 e. The highest BCUT2D eigenvalue weighted by Crippen LogP contribution is 2.29. The van der Waals surface area contributed by atoms with E-state index < -0.39 is 0 Å². The third kappa shape index (κ3) is 6.02. The number of fused-ring (bicyclic) bond motifs is 2. The number of rotatable bonds is 13. The molecule has 186 valence electrons. The zero-order valence-corrected chi connectivity index (χ0v) is 20.1. The van der Waals surface area contributed by atoms with Gasteiger partial charge in [-0.05, 0) is 60.0 Å². The Hall–Kier alpha value is -3.88. The molecule has 8 heteroatoms. The molecule has 8 nitrogen and oxygen atoms in total. The summed E-state index contributed by atoms with van der Waals surface area (Å²) in [5.74, 6) is 0. The van der Waals surface area contributed by atoms with E-state index in [0.29, 0.717) is 23.9 Å². The van der Waals surface area contributed by atoms with Crippen LogP contribution in [0.25, 0.3) is 21.5 Å². The largest absolute Gasteiger partial charge is 0.313 e. The Morgan fingerprint density at radius 1 is 0.528 bits per heavy atom. The minimum Gasteiger partial charge on any atom is -0.313 e. The van der Waals surface area contributed by atoms with E-state index in [1.54, 1.807) is 24.3 Å². The van der Waals surface area contributed by atoms with Gasteiger partial charge < -0.3 is 10.6 Å². The molecule has 4 rings (SSSR count). The van der Waals surface area contributed by atoms with Gasteiger partial charge in [0.2, 0.25) is 0 Å². The average Bonchev–Trinajstić information content (AvgIpc) is 2.89. The molecule has 0 saturated heterocycles.